The molecule has 2 N–H and O–H groups in total. The van der Waals surface area contributed by atoms with E-state index in [9.17, 15) is 4.79 Å². The summed E-state index contributed by atoms with van der Waals surface area (Å²) < 4.78 is 7.90. The molecule has 6 heteroatoms. The Kier molecular flexibility index (Phi) is 7.00. The molecule has 1 aromatic heterocycles. The van der Waals surface area contributed by atoms with Gasteiger partial charge in [-0.15, -0.1) is 0 Å². The van der Waals surface area contributed by atoms with Crippen molar-refractivity contribution in [1.29, 1.82) is 0 Å². The number of aliphatic hydroxyl groups is 1. The first-order chi connectivity index (χ1) is 8.69. The molecule has 1 amide bonds. The van der Waals surface area contributed by atoms with Gasteiger partial charge in [-0.05, 0) is 28.4 Å². The van der Waals surface area contributed by atoms with Gasteiger partial charge >= 0.3 is 0 Å². The van der Waals surface area contributed by atoms with E-state index >= 15 is 0 Å². The predicted molar refractivity (Wildman–Crippen MR) is 72.7 cm³/mol. The number of nitrogens with one attached hydrogen (secondary N) is 1. The summed E-state index contributed by atoms with van der Waals surface area (Å²) in [4.78, 5) is 11.9. The van der Waals surface area contributed by atoms with E-state index < -0.39 is 0 Å². The monoisotopic (exact) mass is 318 g/mol. The molecular weight excluding hydrogens is 300 g/mol. The van der Waals surface area contributed by atoms with Crippen LogP contribution in [0.15, 0.2) is 16.7 Å². The zero-order chi connectivity index (χ0) is 13.4. The summed E-state index contributed by atoms with van der Waals surface area (Å²) in [5.74, 6) is -0.109. The number of aryl methyl sites for hydroxylation is 1. The maximum absolute atomic E-state index is 11.9. The highest BCUT2D eigenvalue weighted by atomic mass is 79.9. The number of carbonyl (C=O) groups is 1. The van der Waals surface area contributed by atoms with Crippen molar-refractivity contribution in [2.45, 2.75) is 19.9 Å². The van der Waals surface area contributed by atoms with Crippen LogP contribution in [0, 0.1) is 0 Å². The van der Waals surface area contributed by atoms with Crippen molar-refractivity contribution in [3.63, 3.8) is 0 Å². The van der Waals surface area contributed by atoms with Crippen LogP contribution >= 0.6 is 15.9 Å². The van der Waals surface area contributed by atoms with Crippen molar-refractivity contribution in [1.82, 2.24) is 9.88 Å². The molecule has 0 aliphatic heterocycles. The van der Waals surface area contributed by atoms with Crippen molar-refractivity contribution in [3.05, 3.63) is 22.4 Å². The molecule has 102 valence electrons. The van der Waals surface area contributed by atoms with Crippen molar-refractivity contribution in [3.8, 4) is 0 Å². The second-order valence-corrected chi connectivity index (χ2v) is 4.74. The number of aromatic nitrogens is 1. The third-order valence-corrected chi connectivity index (χ3v) is 2.76. The summed E-state index contributed by atoms with van der Waals surface area (Å²) in [5.41, 5.74) is 0.644. The molecule has 18 heavy (non-hydrogen) atoms. The number of carbonyl (C=O) groups excluding carboxylic acids is 1. The summed E-state index contributed by atoms with van der Waals surface area (Å²) in [6, 6.07) is 1.81. The molecule has 5 nitrogen and oxygen atoms in total. The first kappa shape index (κ1) is 15.2. The Bertz CT molecular complexity index is 379. The Hall–Kier alpha value is -0.850. The molecular formula is C12H19BrN2O3. The van der Waals surface area contributed by atoms with Crippen LogP contribution in [0.3, 0.4) is 0 Å². The number of nitrogens with zero attached hydrogens (tertiary/aromatic N) is 1. The van der Waals surface area contributed by atoms with E-state index in [0.717, 1.165) is 17.4 Å². The highest BCUT2D eigenvalue weighted by Crippen LogP contribution is 2.15. The lowest BCUT2D eigenvalue weighted by molar-refractivity contribution is 0.0832. The van der Waals surface area contributed by atoms with Crippen molar-refractivity contribution >= 4 is 21.8 Å². The van der Waals surface area contributed by atoms with Gasteiger partial charge in [0.05, 0.1) is 19.8 Å². The molecule has 0 spiro atoms. The summed E-state index contributed by atoms with van der Waals surface area (Å²) in [7, 11) is 0. The summed E-state index contributed by atoms with van der Waals surface area (Å²) in [5, 5.41) is 11.3. The minimum Gasteiger partial charge on any atom is -0.394 e. The third-order valence-electron chi connectivity index (χ3n) is 2.33. The fourth-order valence-electron chi connectivity index (χ4n) is 1.58. The average Bonchev–Trinajstić information content (AvgIpc) is 2.70. The van der Waals surface area contributed by atoms with Gasteiger partial charge in [0.25, 0.3) is 5.91 Å². The van der Waals surface area contributed by atoms with Crippen molar-refractivity contribution in [2.75, 3.05) is 26.4 Å². The Morgan fingerprint density at radius 1 is 1.56 bits per heavy atom. The van der Waals surface area contributed by atoms with Gasteiger partial charge in [0.2, 0.25) is 0 Å². The molecule has 0 fully saturated rings. The van der Waals surface area contributed by atoms with Gasteiger partial charge in [-0.3, -0.25) is 4.79 Å². The molecule has 1 aromatic rings. The number of hydrogen-bond donors (Lipinski definition) is 2. The highest BCUT2D eigenvalue weighted by Gasteiger charge is 2.11. The third kappa shape index (κ3) is 4.80. The minimum atomic E-state index is -0.109. The Morgan fingerprint density at radius 3 is 3.00 bits per heavy atom. The molecule has 0 unspecified atom stereocenters. The van der Waals surface area contributed by atoms with E-state index in [1.165, 1.54) is 0 Å². The van der Waals surface area contributed by atoms with Crippen LogP contribution in [-0.4, -0.2) is 41.9 Å². The SMILES string of the molecule is CCCn1cc(Br)cc1C(=O)NCCOCCO. The normalized spacial score (nSPS) is 10.6. The van der Waals surface area contributed by atoms with E-state index in [1.807, 2.05) is 10.8 Å². The van der Waals surface area contributed by atoms with Crippen LogP contribution < -0.4 is 5.32 Å². The molecule has 0 aliphatic rings. The number of halogens is 1. The zero-order valence-electron chi connectivity index (χ0n) is 10.5. The first-order valence-electron chi connectivity index (χ1n) is 6.01. The molecule has 1 rings (SSSR count). The molecule has 0 saturated carbocycles. The van der Waals surface area contributed by atoms with E-state index in [4.69, 9.17) is 9.84 Å². The number of aliphatic hydroxyl groups excluding tert-OH is 1. The lowest BCUT2D eigenvalue weighted by Gasteiger charge is -2.08. The maximum Gasteiger partial charge on any atom is 0.268 e. The summed E-state index contributed by atoms with van der Waals surface area (Å²) in [6.45, 7) is 4.03. The Morgan fingerprint density at radius 2 is 2.33 bits per heavy atom. The van der Waals surface area contributed by atoms with Crippen LogP contribution in [0.2, 0.25) is 0 Å². The van der Waals surface area contributed by atoms with E-state index in [0.29, 0.717) is 25.5 Å². The van der Waals surface area contributed by atoms with Crippen LogP contribution in [0.1, 0.15) is 23.8 Å². The number of rotatable bonds is 8. The number of hydrogen-bond acceptors (Lipinski definition) is 3. The number of ether oxygens (including phenoxy) is 1. The molecule has 0 atom stereocenters. The van der Waals surface area contributed by atoms with Gasteiger partial charge < -0.3 is 19.7 Å². The van der Waals surface area contributed by atoms with Crippen molar-refractivity contribution in [2.24, 2.45) is 0 Å². The Labute approximate surface area is 115 Å². The largest absolute Gasteiger partial charge is 0.394 e. The second-order valence-electron chi connectivity index (χ2n) is 3.83. The highest BCUT2D eigenvalue weighted by molar-refractivity contribution is 9.10. The fraction of sp³-hybridized carbons (Fsp3) is 0.583. The van der Waals surface area contributed by atoms with Gasteiger partial charge in [-0.25, -0.2) is 0 Å². The van der Waals surface area contributed by atoms with Crippen LogP contribution in [0.4, 0.5) is 0 Å². The van der Waals surface area contributed by atoms with Crippen LogP contribution in [0.5, 0.6) is 0 Å². The minimum absolute atomic E-state index is 0.000242. The molecule has 0 saturated heterocycles. The molecule has 0 radical (unpaired) electrons. The molecule has 0 aliphatic carbocycles. The van der Waals surface area contributed by atoms with E-state index in [-0.39, 0.29) is 12.5 Å². The van der Waals surface area contributed by atoms with Gasteiger partial charge in [-0.2, -0.15) is 0 Å². The van der Waals surface area contributed by atoms with Crippen LogP contribution in [-0.2, 0) is 11.3 Å². The number of amides is 1. The fourth-order valence-corrected chi connectivity index (χ4v) is 2.05. The quantitative estimate of drug-likeness (QED) is 0.712. The van der Waals surface area contributed by atoms with Gasteiger partial charge in [0.15, 0.2) is 0 Å². The van der Waals surface area contributed by atoms with Crippen LogP contribution in [0.25, 0.3) is 0 Å². The van der Waals surface area contributed by atoms with E-state index in [1.54, 1.807) is 6.07 Å². The van der Waals surface area contributed by atoms with Crippen molar-refractivity contribution < 1.29 is 14.6 Å². The molecule has 1 heterocycles. The van der Waals surface area contributed by atoms with Gasteiger partial charge in [-0.1, -0.05) is 6.92 Å². The smallest absolute Gasteiger partial charge is 0.268 e. The van der Waals surface area contributed by atoms with Gasteiger partial charge in [0.1, 0.15) is 5.69 Å². The lowest BCUT2D eigenvalue weighted by atomic mass is 10.3. The summed E-state index contributed by atoms with van der Waals surface area (Å²) in [6.07, 6.45) is 2.88. The van der Waals surface area contributed by atoms with E-state index in [2.05, 4.69) is 28.2 Å². The standard InChI is InChI=1S/C12H19BrN2O3/c1-2-4-15-9-10(13)8-11(15)12(17)14-3-6-18-7-5-16/h8-9,16H,2-7H2,1H3,(H,14,17). The predicted octanol–water partition coefficient (Wildman–Crippen LogP) is 1.40. The second kappa shape index (κ2) is 8.29. The summed E-state index contributed by atoms with van der Waals surface area (Å²) >= 11 is 3.37. The average molecular weight is 319 g/mol. The van der Waals surface area contributed by atoms with Gasteiger partial charge in [0, 0.05) is 23.8 Å². The maximum atomic E-state index is 11.9. The lowest BCUT2D eigenvalue weighted by Crippen LogP contribution is -2.29. The molecule has 0 aromatic carbocycles. The first-order valence-corrected chi connectivity index (χ1v) is 6.80. The zero-order valence-corrected chi connectivity index (χ0v) is 12.1. The molecule has 0 bridgehead atoms. The Balaban J connectivity index is 2.45. The topological polar surface area (TPSA) is 63.5 Å².